The van der Waals surface area contributed by atoms with Crippen molar-refractivity contribution in [2.45, 2.75) is 31.2 Å². The van der Waals surface area contributed by atoms with E-state index in [-0.39, 0.29) is 30.9 Å². The summed E-state index contributed by atoms with van der Waals surface area (Å²) in [5, 5.41) is 6.90. The lowest BCUT2D eigenvalue weighted by Crippen LogP contribution is -2.47. The van der Waals surface area contributed by atoms with Crippen molar-refractivity contribution in [3.8, 4) is 5.75 Å². The third kappa shape index (κ3) is 6.61. The van der Waals surface area contributed by atoms with Crippen LogP contribution in [0.4, 0.5) is 19.0 Å². The molecule has 0 radical (unpaired) electrons. The van der Waals surface area contributed by atoms with E-state index in [1.165, 1.54) is 0 Å². The SMILES string of the molecule is O=C(COc1ccc(C(F)(F)F)cc1)N[C@@H]1CC[C@@H](C(=O)Nc2ccc3ccc(Cl)cc3n2)OC1. The zero-order valence-electron chi connectivity index (χ0n) is 18.3. The number of rotatable bonds is 6. The largest absolute Gasteiger partial charge is 0.484 e. The molecule has 1 fully saturated rings. The maximum atomic E-state index is 12.6. The van der Waals surface area contributed by atoms with Crippen molar-refractivity contribution in [3.05, 3.63) is 65.2 Å². The van der Waals surface area contributed by atoms with Gasteiger partial charge in [0.15, 0.2) is 6.61 Å². The number of fused-ring (bicyclic) bond motifs is 1. The van der Waals surface area contributed by atoms with E-state index in [0.717, 1.165) is 29.7 Å². The maximum Gasteiger partial charge on any atom is 0.416 e. The smallest absolute Gasteiger partial charge is 0.416 e. The highest BCUT2D eigenvalue weighted by molar-refractivity contribution is 6.31. The van der Waals surface area contributed by atoms with E-state index >= 15 is 0 Å². The number of nitrogens with one attached hydrogen (secondary N) is 2. The fourth-order valence-electron chi connectivity index (χ4n) is 3.60. The quantitative estimate of drug-likeness (QED) is 0.509. The number of hydrogen-bond acceptors (Lipinski definition) is 5. The van der Waals surface area contributed by atoms with E-state index < -0.39 is 23.8 Å². The van der Waals surface area contributed by atoms with Crippen LogP contribution in [0.25, 0.3) is 10.9 Å². The van der Waals surface area contributed by atoms with Crippen LogP contribution in [0.1, 0.15) is 18.4 Å². The second-order valence-corrected chi connectivity index (χ2v) is 8.43. The Hall–Kier alpha value is -3.37. The summed E-state index contributed by atoms with van der Waals surface area (Å²) >= 11 is 6.00. The molecule has 4 rings (SSSR count). The van der Waals surface area contributed by atoms with E-state index in [9.17, 15) is 22.8 Å². The molecule has 7 nitrogen and oxygen atoms in total. The highest BCUT2D eigenvalue weighted by atomic mass is 35.5. The summed E-state index contributed by atoms with van der Waals surface area (Å²) in [6.07, 6.45) is -4.24. The molecule has 1 saturated heterocycles. The van der Waals surface area contributed by atoms with Gasteiger partial charge in [0.2, 0.25) is 0 Å². The lowest BCUT2D eigenvalue weighted by Gasteiger charge is -2.28. The predicted molar refractivity (Wildman–Crippen MR) is 123 cm³/mol. The molecule has 2 N–H and O–H groups in total. The number of amides is 2. The van der Waals surface area contributed by atoms with Crippen molar-refractivity contribution in [1.29, 1.82) is 0 Å². The molecule has 1 aliphatic heterocycles. The summed E-state index contributed by atoms with van der Waals surface area (Å²) in [7, 11) is 0. The number of hydrogen-bond donors (Lipinski definition) is 2. The summed E-state index contributed by atoms with van der Waals surface area (Å²) in [6.45, 7) is -0.228. The van der Waals surface area contributed by atoms with Crippen LogP contribution in [0.5, 0.6) is 5.75 Å². The molecule has 0 aliphatic carbocycles. The van der Waals surface area contributed by atoms with Gasteiger partial charge in [-0.05, 0) is 61.4 Å². The number of alkyl halides is 3. The molecule has 35 heavy (non-hydrogen) atoms. The zero-order chi connectivity index (χ0) is 25.0. The van der Waals surface area contributed by atoms with Gasteiger partial charge in [-0.3, -0.25) is 9.59 Å². The molecule has 0 spiro atoms. The Morgan fingerprint density at radius 3 is 2.51 bits per heavy atom. The lowest BCUT2D eigenvalue weighted by molar-refractivity contribution is -0.137. The number of aromatic nitrogens is 1. The number of ether oxygens (including phenoxy) is 2. The Morgan fingerprint density at radius 1 is 1.09 bits per heavy atom. The fraction of sp³-hybridized carbons (Fsp3) is 0.292. The highest BCUT2D eigenvalue weighted by Gasteiger charge is 2.30. The maximum absolute atomic E-state index is 12.6. The average Bonchev–Trinajstić information content (AvgIpc) is 2.82. The van der Waals surface area contributed by atoms with Crippen molar-refractivity contribution in [2.75, 3.05) is 18.5 Å². The molecular formula is C24H21ClF3N3O4. The number of halogens is 4. The minimum atomic E-state index is -4.44. The molecule has 1 aromatic heterocycles. The van der Waals surface area contributed by atoms with Gasteiger partial charge in [0, 0.05) is 10.4 Å². The predicted octanol–water partition coefficient (Wildman–Crippen LogP) is 4.59. The molecule has 0 saturated carbocycles. The van der Waals surface area contributed by atoms with Crippen molar-refractivity contribution in [1.82, 2.24) is 10.3 Å². The van der Waals surface area contributed by atoms with Gasteiger partial charge in [-0.1, -0.05) is 17.7 Å². The number of carbonyl (C=O) groups excluding carboxylic acids is 2. The monoisotopic (exact) mass is 507 g/mol. The van der Waals surface area contributed by atoms with Gasteiger partial charge in [-0.15, -0.1) is 0 Å². The molecule has 2 atom stereocenters. The minimum absolute atomic E-state index is 0.130. The molecular weight excluding hydrogens is 487 g/mol. The first-order valence-corrected chi connectivity index (χ1v) is 11.1. The molecule has 0 bridgehead atoms. The molecule has 0 unspecified atom stereocenters. The molecule has 184 valence electrons. The Kier molecular flexibility index (Phi) is 7.42. The topological polar surface area (TPSA) is 89.5 Å². The number of anilines is 1. The van der Waals surface area contributed by atoms with Gasteiger partial charge in [-0.2, -0.15) is 13.2 Å². The van der Waals surface area contributed by atoms with Gasteiger partial charge in [0.25, 0.3) is 11.8 Å². The summed E-state index contributed by atoms with van der Waals surface area (Å²) in [5.41, 5.74) is -0.144. The number of nitrogens with zero attached hydrogens (tertiary/aromatic N) is 1. The lowest BCUT2D eigenvalue weighted by atomic mass is 10.0. The van der Waals surface area contributed by atoms with Crippen molar-refractivity contribution >= 4 is 40.1 Å². The Morgan fingerprint density at radius 2 is 1.83 bits per heavy atom. The van der Waals surface area contributed by atoms with E-state index in [1.807, 2.05) is 12.1 Å². The number of benzene rings is 2. The Balaban J connectivity index is 1.21. The first-order valence-electron chi connectivity index (χ1n) is 10.8. The van der Waals surface area contributed by atoms with Crippen LogP contribution in [-0.2, 0) is 20.5 Å². The van der Waals surface area contributed by atoms with E-state index in [1.54, 1.807) is 18.2 Å². The molecule has 2 amide bonds. The first kappa shape index (κ1) is 24.7. The van der Waals surface area contributed by atoms with E-state index in [2.05, 4.69) is 15.6 Å². The minimum Gasteiger partial charge on any atom is -0.484 e. The summed E-state index contributed by atoms with van der Waals surface area (Å²) < 4.78 is 48.7. The summed E-state index contributed by atoms with van der Waals surface area (Å²) in [6, 6.07) is 12.6. The normalized spacial score (nSPS) is 18.2. The van der Waals surface area contributed by atoms with Gasteiger partial charge in [0.1, 0.15) is 17.7 Å². The van der Waals surface area contributed by atoms with Gasteiger partial charge >= 0.3 is 6.18 Å². The van der Waals surface area contributed by atoms with E-state index in [0.29, 0.717) is 29.2 Å². The summed E-state index contributed by atoms with van der Waals surface area (Å²) in [5.74, 6) is -0.256. The highest BCUT2D eigenvalue weighted by Crippen LogP contribution is 2.30. The zero-order valence-corrected chi connectivity index (χ0v) is 19.0. The second kappa shape index (κ2) is 10.5. The van der Waals surface area contributed by atoms with Gasteiger partial charge < -0.3 is 20.1 Å². The fourth-order valence-corrected chi connectivity index (χ4v) is 3.76. The Labute approximate surface area is 203 Å². The molecule has 2 aromatic carbocycles. The second-order valence-electron chi connectivity index (χ2n) is 8.00. The van der Waals surface area contributed by atoms with Crippen LogP contribution in [0.2, 0.25) is 5.02 Å². The van der Waals surface area contributed by atoms with E-state index in [4.69, 9.17) is 21.1 Å². The van der Waals surface area contributed by atoms with Gasteiger partial charge in [0.05, 0.1) is 23.7 Å². The van der Waals surface area contributed by atoms with Crippen LogP contribution in [0, 0.1) is 0 Å². The summed E-state index contributed by atoms with van der Waals surface area (Å²) in [4.78, 5) is 29.1. The van der Waals surface area contributed by atoms with Crippen molar-refractivity contribution in [2.24, 2.45) is 0 Å². The standard InChI is InChI=1S/C24H21ClF3N3O4/c25-16-5-1-14-2-10-21(30-19(14)11-16)31-23(33)20-9-6-17(12-35-20)29-22(32)13-34-18-7-3-15(4-8-18)24(26,27)28/h1-5,7-8,10-11,17,20H,6,9,12-13H2,(H,29,32)(H,30,31,33)/t17-,20+/m1/s1. The first-order chi connectivity index (χ1) is 16.7. The van der Waals surface area contributed by atoms with Crippen molar-refractivity contribution in [3.63, 3.8) is 0 Å². The molecule has 1 aliphatic rings. The third-order valence-corrected chi connectivity index (χ3v) is 5.63. The third-order valence-electron chi connectivity index (χ3n) is 5.39. The van der Waals surface area contributed by atoms with Crippen LogP contribution in [0.15, 0.2) is 54.6 Å². The van der Waals surface area contributed by atoms with Crippen LogP contribution in [0.3, 0.4) is 0 Å². The van der Waals surface area contributed by atoms with Crippen molar-refractivity contribution < 1.29 is 32.2 Å². The molecule has 2 heterocycles. The number of carbonyl (C=O) groups is 2. The Bertz CT molecular complexity index is 1210. The molecule has 11 heteroatoms. The molecule has 3 aromatic rings. The number of pyridine rings is 1. The van der Waals surface area contributed by atoms with Gasteiger partial charge in [-0.25, -0.2) is 4.98 Å². The van der Waals surface area contributed by atoms with Crippen LogP contribution >= 0.6 is 11.6 Å². The average molecular weight is 508 g/mol. The van der Waals surface area contributed by atoms with Crippen LogP contribution in [-0.4, -0.2) is 42.2 Å². The van der Waals surface area contributed by atoms with Crippen LogP contribution < -0.4 is 15.4 Å².